The number of halogens is 1. The summed E-state index contributed by atoms with van der Waals surface area (Å²) in [4.78, 5) is 36.8. The fourth-order valence-corrected chi connectivity index (χ4v) is 3.58. The summed E-state index contributed by atoms with van der Waals surface area (Å²) in [5.74, 6) is -1.17. The van der Waals surface area contributed by atoms with Gasteiger partial charge in [0, 0.05) is 22.4 Å². The number of aliphatic carboxylic acids is 1. The molecule has 1 heterocycles. The van der Waals surface area contributed by atoms with Crippen LogP contribution in [0, 0.1) is 13.8 Å². The van der Waals surface area contributed by atoms with E-state index in [1.165, 1.54) is 7.11 Å². The fraction of sp³-hybridized carbons (Fsp3) is 0.261. The van der Waals surface area contributed by atoms with Crippen molar-refractivity contribution < 1.29 is 23.8 Å². The minimum absolute atomic E-state index is 0.0859. The molecule has 1 aromatic heterocycles. The first-order valence-corrected chi connectivity index (χ1v) is 9.95. The van der Waals surface area contributed by atoms with Crippen molar-refractivity contribution in [1.82, 2.24) is 5.32 Å². The first-order valence-electron chi connectivity index (χ1n) is 9.57. The molecule has 0 aliphatic rings. The number of hydrogen-bond acceptors (Lipinski definition) is 5. The molecule has 0 aliphatic carbocycles. The molecular weight excluding hydrogens is 422 g/mol. The van der Waals surface area contributed by atoms with Gasteiger partial charge in [-0.05, 0) is 49.2 Å². The number of ether oxygens (including phenoxy) is 1. The van der Waals surface area contributed by atoms with Crippen LogP contribution in [0.4, 0.5) is 0 Å². The first-order chi connectivity index (χ1) is 14.7. The second kappa shape index (κ2) is 9.22. The summed E-state index contributed by atoms with van der Waals surface area (Å²) in [6.45, 7) is 3.51. The molecule has 7 nitrogen and oxygen atoms in total. The van der Waals surface area contributed by atoms with Crippen molar-refractivity contribution >= 4 is 34.4 Å². The highest BCUT2D eigenvalue weighted by molar-refractivity contribution is 6.30. The number of methoxy groups -OCH3 is 1. The van der Waals surface area contributed by atoms with Crippen LogP contribution in [-0.4, -0.2) is 30.1 Å². The van der Waals surface area contributed by atoms with Gasteiger partial charge in [-0.25, -0.2) is 9.59 Å². The van der Waals surface area contributed by atoms with E-state index in [1.807, 2.05) is 0 Å². The van der Waals surface area contributed by atoms with Crippen molar-refractivity contribution in [1.29, 1.82) is 0 Å². The number of benzene rings is 2. The zero-order valence-corrected chi connectivity index (χ0v) is 18.1. The van der Waals surface area contributed by atoms with E-state index in [0.29, 0.717) is 38.4 Å². The molecule has 0 bridgehead atoms. The lowest BCUT2D eigenvalue weighted by molar-refractivity contribution is -0.141. The van der Waals surface area contributed by atoms with Gasteiger partial charge in [-0.2, -0.15) is 0 Å². The van der Waals surface area contributed by atoms with Crippen LogP contribution in [-0.2, 0) is 22.4 Å². The van der Waals surface area contributed by atoms with Crippen LogP contribution in [0.25, 0.3) is 11.0 Å². The maximum absolute atomic E-state index is 12.6. The Morgan fingerprint density at radius 2 is 1.81 bits per heavy atom. The molecule has 2 aromatic carbocycles. The van der Waals surface area contributed by atoms with Crippen LogP contribution in [0.1, 0.15) is 22.3 Å². The highest BCUT2D eigenvalue weighted by Gasteiger charge is 2.23. The molecule has 31 heavy (non-hydrogen) atoms. The molecule has 3 aromatic rings. The van der Waals surface area contributed by atoms with Crippen LogP contribution in [0.3, 0.4) is 0 Å². The molecule has 0 aliphatic heterocycles. The Hall–Kier alpha value is -3.32. The molecule has 2 N–H and O–H groups in total. The summed E-state index contributed by atoms with van der Waals surface area (Å²) in [5.41, 5.74) is 1.95. The molecule has 0 saturated carbocycles. The standard InChI is InChI=1S/C23H22ClNO6/c1-12-16-8-9-19(30-3)13(2)21(16)31-23(29)17(12)11-20(26)25-18(22(27)28)10-14-4-6-15(24)7-5-14/h4-9,18H,10-11H2,1-3H3,(H,25,26)(H,27,28). The lowest BCUT2D eigenvalue weighted by atomic mass is 10.0. The number of aryl methyl sites for hydroxylation is 2. The van der Waals surface area contributed by atoms with E-state index >= 15 is 0 Å². The predicted molar refractivity (Wildman–Crippen MR) is 117 cm³/mol. The smallest absolute Gasteiger partial charge is 0.340 e. The Morgan fingerprint density at radius 3 is 2.42 bits per heavy atom. The van der Waals surface area contributed by atoms with Crippen molar-refractivity contribution in [3.8, 4) is 5.75 Å². The number of fused-ring (bicyclic) bond motifs is 1. The number of hydrogen-bond donors (Lipinski definition) is 2. The number of carboxylic acids is 1. The predicted octanol–water partition coefficient (Wildman–Crippen LogP) is 3.43. The fourth-order valence-electron chi connectivity index (χ4n) is 3.46. The maximum atomic E-state index is 12.6. The van der Waals surface area contributed by atoms with Crippen molar-refractivity contribution in [3.05, 3.63) is 74.1 Å². The van der Waals surface area contributed by atoms with Gasteiger partial charge in [0.25, 0.3) is 0 Å². The third-order valence-electron chi connectivity index (χ3n) is 5.20. The minimum Gasteiger partial charge on any atom is -0.496 e. The summed E-state index contributed by atoms with van der Waals surface area (Å²) in [7, 11) is 1.53. The van der Waals surface area contributed by atoms with Crippen molar-refractivity contribution in [2.24, 2.45) is 0 Å². The molecule has 1 amide bonds. The third kappa shape index (κ3) is 4.88. The van der Waals surface area contributed by atoms with Crippen LogP contribution >= 0.6 is 11.6 Å². The summed E-state index contributed by atoms with van der Waals surface area (Å²) in [5, 5.41) is 13.2. The van der Waals surface area contributed by atoms with E-state index in [9.17, 15) is 19.5 Å². The zero-order chi connectivity index (χ0) is 22.7. The van der Waals surface area contributed by atoms with Crippen LogP contribution in [0.15, 0.2) is 45.6 Å². The summed E-state index contributed by atoms with van der Waals surface area (Å²) in [6, 6.07) is 9.08. The van der Waals surface area contributed by atoms with Crippen LogP contribution in [0.2, 0.25) is 5.02 Å². The second-order valence-corrected chi connectivity index (χ2v) is 7.66. The second-order valence-electron chi connectivity index (χ2n) is 7.23. The maximum Gasteiger partial charge on any atom is 0.340 e. The van der Waals surface area contributed by atoms with E-state index in [1.54, 1.807) is 50.2 Å². The van der Waals surface area contributed by atoms with E-state index < -0.39 is 23.5 Å². The quantitative estimate of drug-likeness (QED) is 0.542. The van der Waals surface area contributed by atoms with E-state index in [-0.39, 0.29) is 18.4 Å². The number of carboxylic acid groups (broad SMARTS) is 1. The summed E-state index contributed by atoms with van der Waals surface area (Å²) in [6.07, 6.45) is -0.206. The van der Waals surface area contributed by atoms with E-state index in [0.717, 1.165) is 0 Å². The normalized spacial score (nSPS) is 11.9. The Balaban J connectivity index is 1.83. The Morgan fingerprint density at radius 1 is 1.13 bits per heavy atom. The molecule has 8 heteroatoms. The number of carbonyl (C=O) groups is 2. The Labute approximate surface area is 183 Å². The third-order valence-corrected chi connectivity index (χ3v) is 5.45. The van der Waals surface area contributed by atoms with E-state index in [2.05, 4.69) is 5.32 Å². The van der Waals surface area contributed by atoms with Gasteiger partial charge >= 0.3 is 11.6 Å². The molecule has 0 radical (unpaired) electrons. The SMILES string of the molecule is COc1ccc2c(C)c(CC(=O)NC(Cc3ccc(Cl)cc3)C(=O)O)c(=O)oc2c1C. The van der Waals surface area contributed by atoms with Crippen LogP contribution < -0.4 is 15.7 Å². The van der Waals surface area contributed by atoms with Gasteiger partial charge < -0.3 is 19.6 Å². The molecule has 162 valence electrons. The highest BCUT2D eigenvalue weighted by atomic mass is 35.5. The number of nitrogens with one attached hydrogen (secondary N) is 1. The number of amides is 1. The highest BCUT2D eigenvalue weighted by Crippen LogP contribution is 2.29. The largest absolute Gasteiger partial charge is 0.496 e. The van der Waals surface area contributed by atoms with Crippen molar-refractivity contribution in [2.45, 2.75) is 32.7 Å². The van der Waals surface area contributed by atoms with Gasteiger partial charge in [-0.1, -0.05) is 23.7 Å². The van der Waals surface area contributed by atoms with Crippen LogP contribution in [0.5, 0.6) is 5.75 Å². The topological polar surface area (TPSA) is 106 Å². The molecule has 0 spiro atoms. The molecule has 0 fully saturated rings. The Bertz CT molecular complexity index is 1200. The molecule has 0 saturated heterocycles. The van der Waals surface area contributed by atoms with Gasteiger partial charge in [-0.15, -0.1) is 0 Å². The molecular formula is C23H22ClNO6. The molecule has 1 unspecified atom stereocenters. The molecule has 1 atom stereocenters. The number of rotatable bonds is 7. The lowest BCUT2D eigenvalue weighted by Gasteiger charge is -2.16. The molecule has 3 rings (SSSR count). The average molecular weight is 444 g/mol. The number of carbonyl (C=O) groups excluding carboxylic acids is 1. The van der Waals surface area contributed by atoms with Gasteiger partial charge in [0.2, 0.25) is 5.91 Å². The summed E-state index contributed by atoms with van der Waals surface area (Å²) < 4.78 is 10.7. The minimum atomic E-state index is -1.17. The van der Waals surface area contributed by atoms with Gasteiger partial charge in [0.15, 0.2) is 0 Å². The lowest BCUT2D eigenvalue weighted by Crippen LogP contribution is -2.43. The van der Waals surface area contributed by atoms with Crippen molar-refractivity contribution in [3.63, 3.8) is 0 Å². The average Bonchev–Trinajstić information content (AvgIpc) is 2.73. The Kier molecular flexibility index (Phi) is 6.65. The van der Waals surface area contributed by atoms with E-state index in [4.69, 9.17) is 20.8 Å². The zero-order valence-electron chi connectivity index (χ0n) is 17.3. The van der Waals surface area contributed by atoms with Gasteiger partial charge in [-0.3, -0.25) is 4.79 Å². The first kappa shape index (κ1) is 22.4. The van der Waals surface area contributed by atoms with Crippen molar-refractivity contribution in [2.75, 3.05) is 7.11 Å². The van der Waals surface area contributed by atoms with Gasteiger partial charge in [0.1, 0.15) is 17.4 Å². The van der Waals surface area contributed by atoms with Gasteiger partial charge in [0.05, 0.1) is 19.1 Å². The summed E-state index contributed by atoms with van der Waals surface area (Å²) >= 11 is 5.85. The monoisotopic (exact) mass is 443 g/mol.